The predicted molar refractivity (Wildman–Crippen MR) is 39.4 cm³/mol. The summed E-state index contributed by atoms with van der Waals surface area (Å²) in [4.78, 5) is 17.0. The Bertz CT molecular complexity index is 163. The highest BCUT2D eigenvalue weighted by atomic mass is 16.7. The molecule has 0 heterocycles. The molecular formula is C6H11N3O2. The average molecular weight is 157 g/mol. The molecule has 0 aliphatic rings. The maximum atomic E-state index is 10.6. The topological polar surface area (TPSA) is 75.1 Å². The summed E-state index contributed by atoms with van der Waals surface area (Å²) in [5.41, 5.74) is 7.77. The third-order valence-corrected chi connectivity index (χ3v) is 1.16. The van der Waals surface area contributed by atoms with E-state index in [1.165, 1.54) is 0 Å². The van der Waals surface area contributed by atoms with Crippen LogP contribution in [0.5, 0.6) is 0 Å². The van der Waals surface area contributed by atoms with E-state index in [1.807, 2.05) is 6.92 Å². The lowest BCUT2D eigenvalue weighted by Crippen LogP contribution is -1.97. The number of carbonyl (C=O) groups excluding carboxylic acids is 1. The Morgan fingerprint density at radius 1 is 1.64 bits per heavy atom. The Balaban J connectivity index is 3.29. The van der Waals surface area contributed by atoms with E-state index in [4.69, 9.17) is 5.53 Å². The van der Waals surface area contributed by atoms with E-state index in [0.717, 1.165) is 19.3 Å². The summed E-state index contributed by atoms with van der Waals surface area (Å²) in [6.07, 6.45) is 3.16. The summed E-state index contributed by atoms with van der Waals surface area (Å²) in [6.45, 7) is 2.04. The number of unbranched alkanes of at least 4 members (excludes halogenated alkanes) is 2. The molecule has 0 aromatic heterocycles. The smallest absolute Gasteiger partial charge is 0.317 e. The first-order chi connectivity index (χ1) is 5.31. The number of hydrogen-bond acceptors (Lipinski definition) is 3. The summed E-state index contributed by atoms with van der Waals surface area (Å²) < 4.78 is 0. The van der Waals surface area contributed by atoms with Crippen molar-refractivity contribution in [3.8, 4) is 0 Å². The zero-order chi connectivity index (χ0) is 8.53. The van der Waals surface area contributed by atoms with Crippen molar-refractivity contribution in [2.75, 3.05) is 0 Å². The second kappa shape index (κ2) is 6.89. The van der Waals surface area contributed by atoms with Gasteiger partial charge in [-0.2, -0.15) is 0 Å². The third-order valence-electron chi connectivity index (χ3n) is 1.16. The minimum Gasteiger partial charge on any atom is -0.359 e. The molecule has 0 saturated carbocycles. The van der Waals surface area contributed by atoms with Crippen LogP contribution >= 0.6 is 0 Å². The molecule has 0 radical (unpaired) electrons. The molecule has 0 N–H and O–H groups in total. The van der Waals surface area contributed by atoms with Crippen LogP contribution in [0, 0.1) is 0 Å². The molecule has 0 aromatic carbocycles. The molecule has 0 unspecified atom stereocenters. The summed E-state index contributed by atoms with van der Waals surface area (Å²) >= 11 is 0. The molecule has 11 heavy (non-hydrogen) atoms. The average Bonchev–Trinajstić information content (AvgIpc) is 2.01. The molecule has 0 fully saturated rings. The van der Waals surface area contributed by atoms with Crippen LogP contribution in [0.3, 0.4) is 0 Å². The van der Waals surface area contributed by atoms with Gasteiger partial charge in [0, 0.05) is 11.3 Å². The second-order valence-electron chi connectivity index (χ2n) is 2.09. The zero-order valence-corrected chi connectivity index (χ0v) is 6.49. The van der Waals surface area contributed by atoms with Crippen LogP contribution in [0.2, 0.25) is 0 Å². The quantitative estimate of drug-likeness (QED) is 0.202. The minimum atomic E-state index is -0.462. The first-order valence-electron chi connectivity index (χ1n) is 3.55. The summed E-state index contributed by atoms with van der Waals surface area (Å²) in [5.74, 6) is -0.462. The van der Waals surface area contributed by atoms with Crippen LogP contribution in [-0.4, -0.2) is 5.97 Å². The van der Waals surface area contributed by atoms with Gasteiger partial charge in [0.1, 0.15) is 5.28 Å². The molecule has 0 aliphatic carbocycles. The van der Waals surface area contributed by atoms with Gasteiger partial charge in [0.15, 0.2) is 0 Å². The van der Waals surface area contributed by atoms with Gasteiger partial charge in [0.25, 0.3) is 0 Å². The Morgan fingerprint density at radius 2 is 2.36 bits per heavy atom. The SMILES string of the molecule is CCCCCC(=O)ON=[N+]=[N-]. The van der Waals surface area contributed by atoms with Crippen LogP contribution in [0.4, 0.5) is 0 Å². The van der Waals surface area contributed by atoms with Crippen LogP contribution in [0.25, 0.3) is 10.4 Å². The fraction of sp³-hybridized carbons (Fsp3) is 0.833. The van der Waals surface area contributed by atoms with E-state index in [0.29, 0.717) is 6.42 Å². The van der Waals surface area contributed by atoms with E-state index in [9.17, 15) is 4.79 Å². The van der Waals surface area contributed by atoms with E-state index < -0.39 is 5.97 Å². The number of rotatable bonds is 5. The molecule has 62 valence electrons. The highest BCUT2D eigenvalue weighted by Crippen LogP contribution is 2.00. The minimum absolute atomic E-state index is 0.326. The molecular weight excluding hydrogens is 146 g/mol. The van der Waals surface area contributed by atoms with Crippen molar-refractivity contribution < 1.29 is 9.63 Å². The Morgan fingerprint density at radius 3 is 2.91 bits per heavy atom. The van der Waals surface area contributed by atoms with E-state index in [2.05, 4.69) is 15.0 Å². The fourth-order valence-electron chi connectivity index (χ4n) is 0.629. The van der Waals surface area contributed by atoms with Gasteiger partial charge in [-0.3, -0.25) is 4.79 Å². The molecule has 0 aliphatic heterocycles. The Kier molecular flexibility index (Phi) is 6.13. The predicted octanol–water partition coefficient (Wildman–Crippen LogP) is 2.34. The van der Waals surface area contributed by atoms with Crippen molar-refractivity contribution in [1.29, 1.82) is 0 Å². The van der Waals surface area contributed by atoms with E-state index in [1.54, 1.807) is 0 Å². The van der Waals surface area contributed by atoms with Crippen molar-refractivity contribution in [2.45, 2.75) is 32.6 Å². The summed E-state index contributed by atoms with van der Waals surface area (Å²) in [5, 5.41) is 2.68. The van der Waals surface area contributed by atoms with Crippen LogP contribution in [0.1, 0.15) is 32.6 Å². The van der Waals surface area contributed by atoms with Crippen molar-refractivity contribution in [3.63, 3.8) is 0 Å². The van der Waals surface area contributed by atoms with Gasteiger partial charge in [-0.15, -0.1) is 0 Å². The lowest BCUT2D eigenvalue weighted by molar-refractivity contribution is -0.144. The first kappa shape index (κ1) is 9.78. The summed E-state index contributed by atoms with van der Waals surface area (Å²) in [7, 11) is 0. The highest BCUT2D eigenvalue weighted by molar-refractivity contribution is 5.68. The molecule has 5 heteroatoms. The van der Waals surface area contributed by atoms with Crippen molar-refractivity contribution >= 4 is 5.97 Å². The van der Waals surface area contributed by atoms with Crippen molar-refractivity contribution in [2.24, 2.45) is 5.28 Å². The zero-order valence-electron chi connectivity index (χ0n) is 6.49. The first-order valence-corrected chi connectivity index (χ1v) is 3.55. The van der Waals surface area contributed by atoms with Crippen LogP contribution < -0.4 is 0 Å². The van der Waals surface area contributed by atoms with E-state index in [-0.39, 0.29) is 0 Å². The standard InChI is InChI=1S/C6H11N3O2/c1-2-3-4-5-6(10)11-9-8-7/h2-5H2,1H3. The van der Waals surface area contributed by atoms with Crippen molar-refractivity contribution in [1.82, 2.24) is 0 Å². The van der Waals surface area contributed by atoms with Gasteiger partial charge in [0.05, 0.1) is 0 Å². The lowest BCUT2D eigenvalue weighted by atomic mass is 10.2. The molecule has 0 spiro atoms. The van der Waals surface area contributed by atoms with Gasteiger partial charge in [-0.25, -0.2) is 0 Å². The monoisotopic (exact) mass is 157 g/mol. The lowest BCUT2D eigenvalue weighted by Gasteiger charge is -1.94. The molecule has 0 rings (SSSR count). The molecule has 5 nitrogen and oxygen atoms in total. The molecule has 0 amide bonds. The van der Waals surface area contributed by atoms with Crippen LogP contribution in [0.15, 0.2) is 5.28 Å². The Labute approximate surface area is 64.9 Å². The number of nitrogens with zero attached hydrogens (tertiary/aromatic N) is 3. The normalized spacial score (nSPS) is 8.45. The molecule has 0 saturated heterocycles. The highest BCUT2D eigenvalue weighted by Gasteiger charge is 1.99. The van der Waals surface area contributed by atoms with Gasteiger partial charge in [-0.1, -0.05) is 19.8 Å². The molecule has 0 bridgehead atoms. The largest absolute Gasteiger partial charge is 0.359 e. The number of carbonyl (C=O) groups is 1. The maximum Gasteiger partial charge on any atom is 0.317 e. The number of azide groups is 1. The van der Waals surface area contributed by atoms with E-state index >= 15 is 0 Å². The van der Waals surface area contributed by atoms with Crippen molar-refractivity contribution in [3.05, 3.63) is 10.4 Å². The van der Waals surface area contributed by atoms with Gasteiger partial charge in [0.2, 0.25) is 0 Å². The maximum absolute atomic E-state index is 10.6. The second-order valence-corrected chi connectivity index (χ2v) is 2.09. The number of hydrogen-bond donors (Lipinski definition) is 0. The van der Waals surface area contributed by atoms with Crippen LogP contribution in [-0.2, 0) is 9.63 Å². The third kappa shape index (κ3) is 6.67. The van der Waals surface area contributed by atoms with Gasteiger partial charge < -0.3 is 4.84 Å². The van der Waals surface area contributed by atoms with Gasteiger partial charge >= 0.3 is 5.97 Å². The molecule has 0 atom stereocenters. The van der Waals surface area contributed by atoms with Gasteiger partial charge in [-0.05, 0) is 12.0 Å². The summed E-state index contributed by atoms with van der Waals surface area (Å²) in [6, 6.07) is 0. The Hall–Kier alpha value is -1.22. The molecule has 0 aromatic rings. The fourth-order valence-corrected chi connectivity index (χ4v) is 0.629.